The van der Waals surface area contributed by atoms with Crippen LogP contribution >= 0.6 is 11.8 Å². The van der Waals surface area contributed by atoms with E-state index in [-0.39, 0.29) is 17.6 Å². The lowest BCUT2D eigenvalue weighted by molar-refractivity contribution is -0.119. The number of anilines is 1. The molecule has 28 heavy (non-hydrogen) atoms. The van der Waals surface area contributed by atoms with Crippen LogP contribution in [0.2, 0.25) is 0 Å². The Kier molecular flexibility index (Phi) is 5.43. The van der Waals surface area contributed by atoms with Crippen molar-refractivity contribution in [2.45, 2.75) is 30.8 Å². The van der Waals surface area contributed by atoms with E-state index in [0.29, 0.717) is 5.82 Å². The van der Waals surface area contributed by atoms with Gasteiger partial charge in [-0.15, -0.1) is 0 Å². The molecule has 0 saturated heterocycles. The first-order valence-corrected chi connectivity index (χ1v) is 10.5. The van der Waals surface area contributed by atoms with Gasteiger partial charge in [0.25, 0.3) is 0 Å². The number of amides is 1. The van der Waals surface area contributed by atoms with Crippen LogP contribution in [0, 0.1) is 11.7 Å². The van der Waals surface area contributed by atoms with Crippen LogP contribution in [0.3, 0.4) is 0 Å². The Labute approximate surface area is 167 Å². The van der Waals surface area contributed by atoms with Crippen LogP contribution in [-0.4, -0.2) is 27.1 Å². The lowest BCUT2D eigenvalue weighted by Gasteiger charge is -2.10. The van der Waals surface area contributed by atoms with Gasteiger partial charge in [0, 0.05) is 23.2 Å². The first kappa shape index (κ1) is 18.7. The van der Waals surface area contributed by atoms with Crippen molar-refractivity contribution in [1.82, 2.24) is 15.0 Å². The summed E-state index contributed by atoms with van der Waals surface area (Å²) in [6, 6.07) is 10.00. The Balaban J connectivity index is 1.66. The molecule has 3 aromatic rings. The van der Waals surface area contributed by atoms with Crippen molar-refractivity contribution in [1.29, 1.82) is 0 Å². The van der Waals surface area contributed by atoms with Crippen LogP contribution < -0.4 is 5.32 Å². The second kappa shape index (κ2) is 8.14. The molecule has 1 aliphatic carbocycles. The quantitative estimate of drug-likeness (QED) is 0.587. The van der Waals surface area contributed by atoms with Gasteiger partial charge in [-0.1, -0.05) is 24.6 Å². The van der Waals surface area contributed by atoms with Crippen molar-refractivity contribution in [2.24, 2.45) is 5.92 Å². The summed E-state index contributed by atoms with van der Waals surface area (Å²) in [7, 11) is 0. The summed E-state index contributed by atoms with van der Waals surface area (Å²) >= 11 is 1.50. The summed E-state index contributed by atoms with van der Waals surface area (Å²) in [6.45, 7) is 0. The van der Waals surface area contributed by atoms with Gasteiger partial charge in [-0.3, -0.25) is 4.79 Å². The number of hydrogen-bond donors (Lipinski definition) is 2. The minimum Gasteiger partial charge on any atom is -0.332 e. The maximum Gasteiger partial charge on any atom is 0.228 e. The molecule has 5 nitrogen and oxygen atoms in total. The van der Waals surface area contributed by atoms with Crippen LogP contribution in [0.25, 0.3) is 22.5 Å². The lowest BCUT2D eigenvalue weighted by Crippen LogP contribution is -2.20. The summed E-state index contributed by atoms with van der Waals surface area (Å²) in [5.74, 6) is 0.352. The van der Waals surface area contributed by atoms with Crippen LogP contribution in [0.1, 0.15) is 25.7 Å². The fourth-order valence-electron chi connectivity index (χ4n) is 3.55. The molecule has 1 amide bonds. The zero-order valence-corrected chi connectivity index (χ0v) is 16.4. The van der Waals surface area contributed by atoms with Gasteiger partial charge in [-0.2, -0.15) is 0 Å². The van der Waals surface area contributed by atoms with E-state index in [0.717, 1.165) is 53.4 Å². The van der Waals surface area contributed by atoms with Crippen molar-refractivity contribution in [2.75, 3.05) is 11.6 Å². The summed E-state index contributed by atoms with van der Waals surface area (Å²) in [5.41, 5.74) is 3.24. The largest absolute Gasteiger partial charge is 0.332 e. The predicted molar refractivity (Wildman–Crippen MR) is 110 cm³/mol. The molecular formula is C21H21FN4OS. The molecule has 0 atom stereocenters. The number of nitrogens with zero attached hydrogens (tertiary/aromatic N) is 2. The molecule has 0 aliphatic heterocycles. The number of nitrogens with one attached hydrogen (secondary N) is 2. The fraction of sp³-hybridized carbons (Fsp3) is 0.286. The number of aromatic amines is 1. The number of hydrogen-bond acceptors (Lipinski definition) is 4. The second-order valence-corrected chi connectivity index (χ2v) is 7.67. The molecule has 0 radical (unpaired) electrons. The van der Waals surface area contributed by atoms with Gasteiger partial charge in [-0.25, -0.2) is 14.4 Å². The Hall–Kier alpha value is -2.67. The molecule has 4 rings (SSSR count). The highest BCUT2D eigenvalue weighted by Gasteiger charge is 2.23. The minimum absolute atomic E-state index is 0.0349. The van der Waals surface area contributed by atoms with Gasteiger partial charge in [0.2, 0.25) is 5.91 Å². The Morgan fingerprint density at radius 3 is 2.64 bits per heavy atom. The van der Waals surface area contributed by atoms with E-state index < -0.39 is 0 Å². The normalized spacial score (nSPS) is 14.4. The monoisotopic (exact) mass is 396 g/mol. The summed E-state index contributed by atoms with van der Waals surface area (Å²) in [5, 5.41) is 3.71. The highest BCUT2D eigenvalue weighted by atomic mass is 32.2. The average molecular weight is 396 g/mol. The van der Waals surface area contributed by atoms with E-state index >= 15 is 0 Å². The minimum atomic E-state index is -0.282. The maximum absolute atomic E-state index is 13.3. The molecule has 1 aromatic carbocycles. The number of aromatic nitrogens is 3. The van der Waals surface area contributed by atoms with Gasteiger partial charge in [-0.05, 0) is 55.5 Å². The summed E-state index contributed by atoms with van der Waals surface area (Å²) < 4.78 is 13.3. The molecule has 1 fully saturated rings. The molecule has 2 N–H and O–H groups in total. The van der Waals surface area contributed by atoms with Gasteiger partial charge >= 0.3 is 0 Å². The third-order valence-electron chi connectivity index (χ3n) is 5.02. The first-order valence-electron chi connectivity index (χ1n) is 9.31. The number of benzene rings is 1. The molecule has 0 bridgehead atoms. The van der Waals surface area contributed by atoms with Crippen molar-refractivity contribution < 1.29 is 9.18 Å². The van der Waals surface area contributed by atoms with Crippen molar-refractivity contribution in [3.05, 3.63) is 48.4 Å². The molecule has 7 heteroatoms. The Morgan fingerprint density at radius 2 is 1.93 bits per heavy atom. The zero-order valence-electron chi connectivity index (χ0n) is 15.5. The van der Waals surface area contributed by atoms with Crippen molar-refractivity contribution >= 4 is 23.5 Å². The number of thioether (sulfide) groups is 1. The number of pyridine rings is 1. The molecule has 1 saturated carbocycles. The molecule has 2 heterocycles. The van der Waals surface area contributed by atoms with E-state index in [1.54, 1.807) is 18.3 Å². The van der Waals surface area contributed by atoms with Gasteiger partial charge in [0.1, 0.15) is 11.6 Å². The van der Waals surface area contributed by atoms with Crippen molar-refractivity contribution in [3.8, 4) is 22.5 Å². The maximum atomic E-state index is 13.3. The second-order valence-electron chi connectivity index (χ2n) is 6.88. The lowest BCUT2D eigenvalue weighted by atomic mass is 10.1. The zero-order chi connectivity index (χ0) is 19.5. The number of imidazole rings is 1. The molecule has 2 aromatic heterocycles. The van der Waals surface area contributed by atoms with Gasteiger partial charge < -0.3 is 10.3 Å². The SMILES string of the molecule is CSc1nc(-c2ccnc(NC(=O)C3CCCC3)c2)c(-c2ccc(F)cc2)[nH]1. The number of rotatable bonds is 5. The number of H-pyrrole nitrogens is 1. The predicted octanol–water partition coefficient (Wildman–Crippen LogP) is 5.13. The fourth-order valence-corrected chi connectivity index (χ4v) is 3.93. The van der Waals surface area contributed by atoms with Crippen LogP contribution in [0.4, 0.5) is 10.2 Å². The van der Waals surface area contributed by atoms with Crippen LogP contribution in [-0.2, 0) is 4.79 Å². The Bertz CT molecular complexity index is 980. The molecular weight excluding hydrogens is 375 g/mol. The highest BCUT2D eigenvalue weighted by Crippen LogP contribution is 2.33. The van der Waals surface area contributed by atoms with Crippen LogP contribution in [0.15, 0.2) is 47.8 Å². The molecule has 144 valence electrons. The number of halogens is 1. The van der Waals surface area contributed by atoms with Gasteiger partial charge in [0.05, 0.1) is 11.4 Å². The number of carbonyl (C=O) groups is 1. The third-order valence-corrected chi connectivity index (χ3v) is 5.60. The van der Waals surface area contributed by atoms with Crippen molar-refractivity contribution in [3.63, 3.8) is 0 Å². The van der Waals surface area contributed by atoms with E-state index in [9.17, 15) is 9.18 Å². The average Bonchev–Trinajstić information content (AvgIpc) is 3.39. The first-order chi connectivity index (χ1) is 13.6. The van der Waals surface area contributed by atoms with Crippen LogP contribution in [0.5, 0.6) is 0 Å². The van der Waals surface area contributed by atoms with Gasteiger partial charge in [0.15, 0.2) is 5.16 Å². The standard InChI is InChI=1S/C21H21FN4OS/c1-28-21-25-18(13-6-8-16(22)9-7-13)19(26-21)15-10-11-23-17(12-15)24-20(27)14-4-2-3-5-14/h6-12,14H,2-5H2,1H3,(H,25,26)(H,23,24,27). The summed E-state index contributed by atoms with van der Waals surface area (Å²) in [6.07, 6.45) is 7.71. The third kappa shape index (κ3) is 3.94. The topological polar surface area (TPSA) is 70.7 Å². The van der Waals surface area contributed by atoms with E-state index in [1.165, 1.54) is 23.9 Å². The van der Waals surface area contributed by atoms with E-state index in [2.05, 4.69) is 20.3 Å². The smallest absolute Gasteiger partial charge is 0.228 e. The highest BCUT2D eigenvalue weighted by molar-refractivity contribution is 7.98. The molecule has 0 spiro atoms. The van der Waals surface area contributed by atoms with E-state index in [4.69, 9.17) is 0 Å². The van der Waals surface area contributed by atoms with E-state index in [1.807, 2.05) is 18.4 Å². The molecule has 0 unspecified atom stereocenters. The Morgan fingerprint density at radius 1 is 1.18 bits per heavy atom. The summed E-state index contributed by atoms with van der Waals surface area (Å²) in [4.78, 5) is 24.7. The molecule has 1 aliphatic rings. The number of carbonyl (C=O) groups excluding carboxylic acids is 1.